The van der Waals surface area contributed by atoms with Gasteiger partial charge in [-0.1, -0.05) is 77.9 Å². The predicted octanol–water partition coefficient (Wildman–Crippen LogP) is 6.69. The molecule has 4 unspecified atom stereocenters. The molecule has 1 aliphatic heterocycles. The topological polar surface area (TPSA) is 46.6 Å². The van der Waals surface area contributed by atoms with Gasteiger partial charge in [0.25, 0.3) is 0 Å². The number of hydrogen-bond acceptors (Lipinski definition) is 3. The van der Waals surface area contributed by atoms with Gasteiger partial charge in [0.05, 0.1) is 24.6 Å². The van der Waals surface area contributed by atoms with Crippen LogP contribution in [0.2, 0.25) is 0 Å². The molecule has 190 valence electrons. The molecule has 0 spiro atoms. The number of imide groups is 1. The van der Waals surface area contributed by atoms with Gasteiger partial charge >= 0.3 is 0 Å². The van der Waals surface area contributed by atoms with Crippen molar-refractivity contribution in [2.75, 3.05) is 12.0 Å². The third-order valence-electron chi connectivity index (χ3n) is 8.69. The monoisotopic (exact) mass is 493 g/mol. The van der Waals surface area contributed by atoms with Crippen molar-refractivity contribution in [1.82, 2.24) is 0 Å². The van der Waals surface area contributed by atoms with Gasteiger partial charge in [0, 0.05) is 11.8 Å². The van der Waals surface area contributed by atoms with Gasteiger partial charge in [0.2, 0.25) is 11.8 Å². The molecule has 0 saturated carbocycles. The fraction of sp³-hybridized carbons (Fsp3) is 0.394. The Kier molecular flexibility index (Phi) is 5.05. The summed E-state index contributed by atoms with van der Waals surface area (Å²) in [5, 5.41) is 0. The Labute approximate surface area is 219 Å². The van der Waals surface area contributed by atoms with Crippen LogP contribution < -0.4 is 9.64 Å². The molecule has 1 saturated heterocycles. The molecule has 37 heavy (non-hydrogen) atoms. The number of ether oxygens (including phenoxy) is 1. The van der Waals surface area contributed by atoms with E-state index in [0.29, 0.717) is 11.4 Å². The molecular weight excluding hydrogens is 458 g/mol. The van der Waals surface area contributed by atoms with Gasteiger partial charge < -0.3 is 4.74 Å². The highest BCUT2D eigenvalue weighted by Crippen LogP contribution is 2.62. The van der Waals surface area contributed by atoms with Crippen molar-refractivity contribution in [2.45, 2.75) is 64.2 Å². The molecule has 4 nitrogen and oxygen atoms in total. The van der Waals surface area contributed by atoms with Crippen LogP contribution in [0.1, 0.15) is 86.8 Å². The van der Waals surface area contributed by atoms with Crippen LogP contribution in [0, 0.1) is 11.8 Å². The number of rotatable bonds is 2. The number of amides is 2. The maximum absolute atomic E-state index is 14.1. The van der Waals surface area contributed by atoms with Crippen LogP contribution in [0.15, 0.2) is 60.7 Å². The van der Waals surface area contributed by atoms with E-state index in [4.69, 9.17) is 4.74 Å². The molecule has 4 heteroatoms. The molecule has 0 N–H and O–H groups in total. The molecule has 2 amide bonds. The summed E-state index contributed by atoms with van der Waals surface area (Å²) in [6.45, 7) is 13.3. The summed E-state index contributed by atoms with van der Waals surface area (Å²) in [5.74, 6) is -0.526. The van der Waals surface area contributed by atoms with E-state index in [9.17, 15) is 9.59 Å². The standard InChI is InChI=1S/C33H35NO3/c1-32(2,3)18-8-14-22-24(16-18)26-23-15-9-19(33(4,5)6)17-25(23)27(22)29-28(26)30(35)34(31(29)36)20-10-12-21(37-7)13-11-20/h8-17,26-29H,1-7H3. The van der Waals surface area contributed by atoms with E-state index in [1.54, 1.807) is 19.2 Å². The smallest absolute Gasteiger partial charge is 0.238 e. The van der Waals surface area contributed by atoms with Gasteiger partial charge in [-0.3, -0.25) is 9.59 Å². The Balaban J connectivity index is 1.55. The largest absolute Gasteiger partial charge is 0.497 e. The summed E-state index contributed by atoms with van der Waals surface area (Å²) in [6.07, 6.45) is 0. The Morgan fingerprint density at radius 3 is 1.43 bits per heavy atom. The van der Waals surface area contributed by atoms with Crippen LogP contribution in [0.5, 0.6) is 5.75 Å². The zero-order chi connectivity index (χ0) is 26.4. The zero-order valence-corrected chi connectivity index (χ0v) is 22.8. The molecule has 2 bridgehead atoms. The lowest BCUT2D eigenvalue weighted by atomic mass is 9.54. The second-order valence-electron chi connectivity index (χ2n) is 12.9. The Morgan fingerprint density at radius 1 is 0.622 bits per heavy atom. The van der Waals surface area contributed by atoms with Crippen molar-refractivity contribution >= 4 is 17.5 Å². The molecule has 1 heterocycles. The summed E-state index contributed by atoms with van der Waals surface area (Å²) in [7, 11) is 1.61. The number of nitrogens with zero attached hydrogens (tertiary/aromatic N) is 1. The fourth-order valence-corrected chi connectivity index (χ4v) is 6.70. The Bertz CT molecular complexity index is 1350. The molecule has 3 aromatic rings. The van der Waals surface area contributed by atoms with E-state index in [-0.39, 0.29) is 34.5 Å². The van der Waals surface area contributed by atoms with Crippen LogP contribution in [-0.4, -0.2) is 18.9 Å². The minimum absolute atomic E-state index is 0.00528. The molecule has 4 atom stereocenters. The van der Waals surface area contributed by atoms with E-state index in [1.165, 1.54) is 38.3 Å². The number of anilines is 1. The van der Waals surface area contributed by atoms with Crippen LogP contribution in [0.25, 0.3) is 0 Å². The van der Waals surface area contributed by atoms with Crippen LogP contribution >= 0.6 is 0 Å². The molecule has 3 aliphatic carbocycles. The minimum Gasteiger partial charge on any atom is -0.497 e. The maximum Gasteiger partial charge on any atom is 0.238 e. The summed E-state index contributed by atoms with van der Waals surface area (Å²) >= 11 is 0. The third kappa shape index (κ3) is 3.41. The lowest BCUT2D eigenvalue weighted by molar-refractivity contribution is -0.122. The Morgan fingerprint density at radius 2 is 1.05 bits per heavy atom. The predicted molar refractivity (Wildman–Crippen MR) is 146 cm³/mol. The molecule has 0 radical (unpaired) electrons. The molecule has 3 aromatic carbocycles. The normalized spacial score (nSPS) is 24.1. The lowest BCUT2D eigenvalue weighted by Crippen LogP contribution is -2.42. The Hall–Kier alpha value is -3.40. The first kappa shape index (κ1) is 24.0. The van der Waals surface area contributed by atoms with Crippen molar-refractivity contribution in [3.05, 3.63) is 94.0 Å². The van der Waals surface area contributed by atoms with Crippen molar-refractivity contribution in [1.29, 1.82) is 0 Å². The quantitative estimate of drug-likeness (QED) is 0.374. The van der Waals surface area contributed by atoms with E-state index >= 15 is 0 Å². The maximum atomic E-state index is 14.1. The average Bonchev–Trinajstić information content (AvgIpc) is 3.12. The second kappa shape index (κ2) is 7.80. The minimum atomic E-state index is -0.393. The third-order valence-corrected chi connectivity index (χ3v) is 8.69. The molecular formula is C33H35NO3. The van der Waals surface area contributed by atoms with Gasteiger partial charge in [0.1, 0.15) is 5.75 Å². The van der Waals surface area contributed by atoms with Gasteiger partial charge in [0.15, 0.2) is 0 Å². The van der Waals surface area contributed by atoms with Gasteiger partial charge in [-0.25, -0.2) is 4.90 Å². The van der Waals surface area contributed by atoms with Crippen molar-refractivity contribution in [2.24, 2.45) is 11.8 Å². The van der Waals surface area contributed by atoms with E-state index in [1.807, 2.05) is 12.1 Å². The number of benzene rings is 3. The highest BCUT2D eigenvalue weighted by Gasteiger charge is 2.62. The van der Waals surface area contributed by atoms with Crippen LogP contribution in [0.3, 0.4) is 0 Å². The summed E-state index contributed by atoms with van der Waals surface area (Å²) in [4.78, 5) is 29.6. The zero-order valence-electron chi connectivity index (χ0n) is 22.8. The first-order chi connectivity index (χ1) is 17.4. The van der Waals surface area contributed by atoms with Gasteiger partial charge in [-0.2, -0.15) is 0 Å². The van der Waals surface area contributed by atoms with Crippen molar-refractivity contribution < 1.29 is 14.3 Å². The summed E-state index contributed by atoms with van der Waals surface area (Å²) < 4.78 is 5.30. The summed E-state index contributed by atoms with van der Waals surface area (Å²) in [6, 6.07) is 20.7. The first-order valence-electron chi connectivity index (χ1n) is 13.2. The van der Waals surface area contributed by atoms with Gasteiger partial charge in [-0.05, 0) is 68.5 Å². The second-order valence-corrected chi connectivity index (χ2v) is 12.9. The fourth-order valence-electron chi connectivity index (χ4n) is 6.70. The number of hydrogen-bond donors (Lipinski definition) is 0. The number of carbonyl (C=O) groups excluding carboxylic acids is 2. The lowest BCUT2D eigenvalue weighted by Gasteiger charge is -2.47. The van der Waals surface area contributed by atoms with Crippen LogP contribution in [-0.2, 0) is 20.4 Å². The first-order valence-corrected chi connectivity index (χ1v) is 13.2. The van der Waals surface area contributed by atoms with Crippen molar-refractivity contribution in [3.8, 4) is 5.75 Å². The van der Waals surface area contributed by atoms with Crippen LogP contribution in [0.4, 0.5) is 5.69 Å². The highest BCUT2D eigenvalue weighted by atomic mass is 16.5. The highest BCUT2D eigenvalue weighted by molar-refractivity contribution is 6.23. The number of carbonyl (C=O) groups is 2. The van der Waals surface area contributed by atoms with E-state index < -0.39 is 11.8 Å². The molecule has 0 aromatic heterocycles. The van der Waals surface area contributed by atoms with Gasteiger partial charge in [-0.15, -0.1) is 0 Å². The molecule has 4 aliphatic rings. The summed E-state index contributed by atoms with van der Waals surface area (Å²) in [5.41, 5.74) is 7.96. The average molecular weight is 494 g/mol. The SMILES string of the molecule is COc1ccc(N2C(=O)C3C4c5ccc(C(C)(C)C)cc5C(c5ccc(C(C)(C)C)cc54)C3C2=O)cc1. The number of methoxy groups -OCH3 is 1. The molecule has 1 fully saturated rings. The molecule has 7 rings (SSSR count). The van der Waals surface area contributed by atoms with E-state index in [0.717, 1.165) is 0 Å². The van der Waals surface area contributed by atoms with E-state index in [2.05, 4.69) is 77.9 Å². The van der Waals surface area contributed by atoms with Crippen molar-refractivity contribution in [3.63, 3.8) is 0 Å².